The lowest BCUT2D eigenvalue weighted by Crippen LogP contribution is -2.46. The fourth-order valence-corrected chi connectivity index (χ4v) is 4.81. The van der Waals surface area contributed by atoms with Crippen molar-refractivity contribution >= 4 is 39.4 Å². The van der Waals surface area contributed by atoms with Gasteiger partial charge in [0.2, 0.25) is 0 Å². The maximum absolute atomic E-state index is 13.1. The second-order valence-corrected chi connectivity index (χ2v) is 8.90. The highest BCUT2D eigenvalue weighted by Crippen LogP contribution is 2.19. The van der Waals surface area contributed by atoms with Gasteiger partial charge < -0.3 is 9.64 Å². The second-order valence-electron chi connectivity index (χ2n) is 6.27. The third kappa shape index (κ3) is 5.77. The minimum Gasteiger partial charge on any atom is -0.449 e. The van der Waals surface area contributed by atoms with Crippen LogP contribution in [-0.4, -0.2) is 55.4 Å². The summed E-state index contributed by atoms with van der Waals surface area (Å²) in [7, 11) is -3.13. The van der Waals surface area contributed by atoms with E-state index in [0.717, 1.165) is 6.08 Å². The van der Waals surface area contributed by atoms with E-state index >= 15 is 0 Å². The molecule has 1 aromatic rings. The predicted octanol–water partition coefficient (Wildman–Crippen LogP) is 2.46. The van der Waals surface area contributed by atoms with E-state index in [1.54, 1.807) is 6.92 Å². The molecule has 2 atom stereocenters. The zero-order chi connectivity index (χ0) is 20.2. The summed E-state index contributed by atoms with van der Waals surface area (Å²) >= 11 is 5.67. The Morgan fingerprint density at radius 1 is 1.44 bits per heavy atom. The third-order valence-electron chi connectivity index (χ3n) is 4.27. The van der Waals surface area contributed by atoms with Crippen molar-refractivity contribution in [2.75, 3.05) is 18.1 Å². The van der Waals surface area contributed by atoms with Gasteiger partial charge in [-0.25, -0.2) is 17.6 Å². The van der Waals surface area contributed by atoms with E-state index in [1.165, 1.54) is 36.1 Å². The Morgan fingerprint density at radius 2 is 2.15 bits per heavy atom. The van der Waals surface area contributed by atoms with Gasteiger partial charge >= 0.3 is 5.97 Å². The van der Waals surface area contributed by atoms with Crippen LogP contribution in [0.2, 0.25) is 5.02 Å². The van der Waals surface area contributed by atoms with Crippen LogP contribution in [0.25, 0.3) is 6.08 Å². The van der Waals surface area contributed by atoms with Crippen LogP contribution in [0, 0.1) is 5.82 Å². The monoisotopic (exact) mass is 417 g/mol. The lowest BCUT2D eigenvalue weighted by atomic mass is 10.2. The average molecular weight is 418 g/mol. The van der Waals surface area contributed by atoms with Crippen molar-refractivity contribution in [3.8, 4) is 0 Å². The maximum atomic E-state index is 13.1. The first-order chi connectivity index (χ1) is 12.6. The summed E-state index contributed by atoms with van der Waals surface area (Å²) in [6.07, 6.45) is 1.84. The van der Waals surface area contributed by atoms with Gasteiger partial charge in [-0.1, -0.05) is 17.7 Å². The molecule has 0 N–H and O–H groups in total. The third-order valence-corrected chi connectivity index (χ3v) is 6.31. The van der Waals surface area contributed by atoms with E-state index in [1.807, 2.05) is 0 Å². The van der Waals surface area contributed by atoms with Crippen molar-refractivity contribution in [1.29, 1.82) is 0 Å². The Morgan fingerprint density at radius 3 is 2.70 bits per heavy atom. The number of rotatable bonds is 6. The molecule has 1 amide bonds. The number of halogens is 2. The van der Waals surface area contributed by atoms with E-state index in [4.69, 9.17) is 16.3 Å². The summed E-state index contributed by atoms with van der Waals surface area (Å²) in [6, 6.07) is 3.58. The van der Waals surface area contributed by atoms with Crippen molar-refractivity contribution < 1.29 is 27.1 Å². The Bertz CT molecular complexity index is 855. The maximum Gasteiger partial charge on any atom is 0.331 e. The number of amides is 1. The van der Waals surface area contributed by atoms with Crippen LogP contribution in [0.1, 0.15) is 25.8 Å². The van der Waals surface area contributed by atoms with Crippen LogP contribution >= 0.6 is 11.6 Å². The van der Waals surface area contributed by atoms with Crippen molar-refractivity contribution in [3.05, 3.63) is 40.7 Å². The number of carbonyl (C=O) groups excluding carboxylic acids is 2. The molecule has 0 spiro atoms. The minimum atomic E-state index is -3.13. The van der Waals surface area contributed by atoms with E-state index in [-0.39, 0.29) is 16.5 Å². The van der Waals surface area contributed by atoms with Crippen LogP contribution in [0.3, 0.4) is 0 Å². The highest BCUT2D eigenvalue weighted by molar-refractivity contribution is 7.91. The summed E-state index contributed by atoms with van der Waals surface area (Å²) in [5.41, 5.74) is 0.503. The molecule has 0 aliphatic carbocycles. The number of benzene rings is 1. The zero-order valence-corrected chi connectivity index (χ0v) is 16.6. The minimum absolute atomic E-state index is 0.0541. The molecule has 27 heavy (non-hydrogen) atoms. The molecule has 1 aliphatic heterocycles. The molecule has 0 unspecified atom stereocenters. The van der Waals surface area contributed by atoms with Crippen LogP contribution < -0.4 is 0 Å². The first-order valence-electron chi connectivity index (χ1n) is 8.47. The summed E-state index contributed by atoms with van der Waals surface area (Å²) in [5, 5.41) is -0.0702. The molecule has 0 saturated carbocycles. The molecule has 0 radical (unpaired) electrons. The highest BCUT2D eigenvalue weighted by atomic mass is 35.5. The molecule has 0 bridgehead atoms. The van der Waals surface area contributed by atoms with Gasteiger partial charge in [-0.05, 0) is 44.0 Å². The molecule has 1 aromatic carbocycles. The Labute approximate surface area is 162 Å². The molecule has 6 nitrogen and oxygen atoms in total. The van der Waals surface area contributed by atoms with Crippen molar-refractivity contribution in [2.45, 2.75) is 32.4 Å². The summed E-state index contributed by atoms with van der Waals surface area (Å²) in [5.74, 6) is -1.77. The normalized spacial score (nSPS) is 19.8. The molecule has 148 valence electrons. The predicted molar refractivity (Wildman–Crippen MR) is 100 cm³/mol. The van der Waals surface area contributed by atoms with E-state index in [0.29, 0.717) is 18.5 Å². The quantitative estimate of drug-likeness (QED) is 0.524. The largest absolute Gasteiger partial charge is 0.449 e. The van der Waals surface area contributed by atoms with Crippen LogP contribution in [0.4, 0.5) is 4.39 Å². The van der Waals surface area contributed by atoms with E-state index in [2.05, 4.69) is 0 Å². The number of sulfone groups is 1. The van der Waals surface area contributed by atoms with Gasteiger partial charge in [0.15, 0.2) is 15.9 Å². The first-order valence-corrected chi connectivity index (χ1v) is 10.7. The fraction of sp³-hybridized carbons (Fsp3) is 0.444. The van der Waals surface area contributed by atoms with Gasteiger partial charge in [0, 0.05) is 18.7 Å². The lowest BCUT2D eigenvalue weighted by Gasteiger charge is -2.29. The van der Waals surface area contributed by atoms with Gasteiger partial charge in [0.25, 0.3) is 5.91 Å². The van der Waals surface area contributed by atoms with Crippen LogP contribution in [0.5, 0.6) is 0 Å². The highest BCUT2D eigenvalue weighted by Gasteiger charge is 2.36. The molecule has 1 fully saturated rings. The number of hydrogen-bond acceptors (Lipinski definition) is 5. The van der Waals surface area contributed by atoms with Crippen molar-refractivity contribution in [1.82, 2.24) is 4.90 Å². The number of likely N-dealkylation sites (N-methyl/N-ethyl adjacent to an activating group) is 1. The molecule has 0 aromatic heterocycles. The van der Waals surface area contributed by atoms with Gasteiger partial charge in [-0.2, -0.15) is 0 Å². The molecule has 1 aliphatic rings. The van der Waals surface area contributed by atoms with E-state index in [9.17, 15) is 22.4 Å². The standard InChI is InChI=1S/C18H21ClFNO5S/c1-3-21(14-8-9-27(24,25)11-14)18(23)12(2)26-17(22)7-5-13-4-6-16(20)15(19)10-13/h4-7,10,12,14H,3,8-9,11H2,1-2H3/b7-5+/t12-,14+/m1/s1. The molecular formula is C18H21ClFNO5S. The molecule has 9 heteroatoms. The average Bonchev–Trinajstić information content (AvgIpc) is 2.96. The summed E-state index contributed by atoms with van der Waals surface area (Å²) < 4.78 is 41.5. The van der Waals surface area contributed by atoms with Gasteiger partial charge in [0.1, 0.15) is 5.82 Å². The van der Waals surface area contributed by atoms with Gasteiger partial charge in [0.05, 0.1) is 16.5 Å². The fourth-order valence-electron chi connectivity index (χ4n) is 2.89. The Balaban J connectivity index is 1.96. The van der Waals surface area contributed by atoms with Crippen LogP contribution in [0.15, 0.2) is 24.3 Å². The second kappa shape index (κ2) is 8.84. The smallest absolute Gasteiger partial charge is 0.331 e. The lowest BCUT2D eigenvalue weighted by molar-refractivity contribution is -0.156. The molecule has 1 heterocycles. The molecule has 1 saturated heterocycles. The number of esters is 1. The molecule has 2 rings (SSSR count). The van der Waals surface area contributed by atoms with Crippen molar-refractivity contribution in [2.24, 2.45) is 0 Å². The van der Waals surface area contributed by atoms with Gasteiger partial charge in [-0.15, -0.1) is 0 Å². The van der Waals surface area contributed by atoms with Crippen LogP contribution in [-0.2, 0) is 24.2 Å². The molecular weight excluding hydrogens is 397 g/mol. The topological polar surface area (TPSA) is 80.8 Å². The Kier molecular flexibility index (Phi) is 7.00. The number of carbonyl (C=O) groups is 2. The van der Waals surface area contributed by atoms with Gasteiger partial charge in [-0.3, -0.25) is 4.79 Å². The number of nitrogens with zero attached hydrogens (tertiary/aromatic N) is 1. The zero-order valence-electron chi connectivity index (χ0n) is 15.0. The Hall–Kier alpha value is -1.93. The number of ether oxygens (including phenoxy) is 1. The first kappa shape index (κ1) is 21.4. The SMILES string of the molecule is CCN(C(=O)[C@@H](C)OC(=O)/C=C/c1ccc(F)c(Cl)c1)[C@H]1CCS(=O)(=O)C1. The summed E-state index contributed by atoms with van der Waals surface area (Å²) in [6.45, 7) is 3.51. The summed E-state index contributed by atoms with van der Waals surface area (Å²) in [4.78, 5) is 25.9. The van der Waals surface area contributed by atoms with Crippen molar-refractivity contribution in [3.63, 3.8) is 0 Å². The number of hydrogen-bond donors (Lipinski definition) is 0. The van der Waals surface area contributed by atoms with E-state index < -0.39 is 39.7 Å².